The van der Waals surface area contributed by atoms with E-state index in [0.717, 1.165) is 41.0 Å². The van der Waals surface area contributed by atoms with Gasteiger partial charge in [0.2, 0.25) is 5.91 Å². The molecular weight excluding hydrogens is 468 g/mol. The van der Waals surface area contributed by atoms with Crippen molar-refractivity contribution in [2.75, 3.05) is 18.5 Å². The molecule has 0 aromatic heterocycles. The normalized spacial score (nSPS) is 19.2. The van der Waals surface area contributed by atoms with Crippen LogP contribution < -0.4 is 14.8 Å². The quantitative estimate of drug-likeness (QED) is 0.316. The number of benzene rings is 3. The van der Waals surface area contributed by atoms with E-state index in [1.807, 2.05) is 54.6 Å². The molecule has 1 fully saturated rings. The van der Waals surface area contributed by atoms with Gasteiger partial charge in [-0.1, -0.05) is 42.5 Å². The number of rotatable bonds is 10. The van der Waals surface area contributed by atoms with Gasteiger partial charge in [0, 0.05) is 28.7 Å². The molecule has 1 N–H and O–H groups in total. The summed E-state index contributed by atoms with van der Waals surface area (Å²) in [7, 11) is 0. The van der Waals surface area contributed by atoms with Gasteiger partial charge in [-0.2, -0.15) is 5.26 Å². The zero-order valence-electron chi connectivity index (χ0n) is 20.4. The molecule has 7 nitrogen and oxygen atoms in total. The van der Waals surface area contributed by atoms with Gasteiger partial charge in [-0.25, -0.2) is 0 Å². The number of hydrogen-bond acceptors (Lipinski definition) is 6. The van der Waals surface area contributed by atoms with Crippen LogP contribution in [-0.2, 0) is 32.8 Å². The molecule has 0 bridgehead atoms. The number of nitrogens with one attached hydrogen (secondary N) is 1. The summed E-state index contributed by atoms with van der Waals surface area (Å²) in [5.74, 6) is 1.27. The molecule has 3 aromatic rings. The van der Waals surface area contributed by atoms with Gasteiger partial charge in [0.15, 0.2) is 0 Å². The van der Waals surface area contributed by atoms with Crippen molar-refractivity contribution in [3.05, 3.63) is 89.0 Å². The Morgan fingerprint density at radius 2 is 2.03 bits per heavy atom. The van der Waals surface area contributed by atoms with Crippen LogP contribution in [0.25, 0.3) is 0 Å². The number of nitriles is 1. The van der Waals surface area contributed by atoms with Crippen molar-refractivity contribution < 1.29 is 23.8 Å². The molecule has 7 heteroatoms. The molecular formula is C30H28N2O5. The van der Waals surface area contributed by atoms with Crippen LogP contribution in [0.1, 0.15) is 41.5 Å². The van der Waals surface area contributed by atoms with Crippen molar-refractivity contribution in [2.45, 2.75) is 37.7 Å². The number of fused-ring (bicyclic) bond motifs is 2. The van der Waals surface area contributed by atoms with E-state index in [1.54, 1.807) is 12.1 Å². The lowest BCUT2D eigenvalue weighted by molar-refractivity contribution is -0.128. The van der Waals surface area contributed by atoms with E-state index in [1.165, 1.54) is 0 Å². The van der Waals surface area contributed by atoms with Gasteiger partial charge in [0.05, 0.1) is 24.8 Å². The predicted molar refractivity (Wildman–Crippen MR) is 137 cm³/mol. The van der Waals surface area contributed by atoms with Crippen LogP contribution in [0.15, 0.2) is 66.7 Å². The highest BCUT2D eigenvalue weighted by molar-refractivity contribution is 5.97. The van der Waals surface area contributed by atoms with E-state index in [4.69, 9.17) is 14.2 Å². The molecule has 0 saturated heterocycles. The average molecular weight is 497 g/mol. The summed E-state index contributed by atoms with van der Waals surface area (Å²) >= 11 is 0. The third-order valence-electron chi connectivity index (χ3n) is 7.21. The number of carbonyl (C=O) groups excluding carboxylic acids is 2. The van der Waals surface area contributed by atoms with E-state index < -0.39 is 0 Å². The SMILES string of the molecule is N#Cc1ccc(CCCOC=O)c(NC(=O)C2CC23CCOc2cc(OCc4ccccc4)ccc23)c1. The van der Waals surface area contributed by atoms with Gasteiger partial charge < -0.3 is 19.5 Å². The first-order chi connectivity index (χ1) is 18.1. The molecule has 2 unspecified atom stereocenters. The second kappa shape index (κ2) is 10.8. The summed E-state index contributed by atoms with van der Waals surface area (Å²) < 4.78 is 16.7. The van der Waals surface area contributed by atoms with Crippen molar-refractivity contribution >= 4 is 18.1 Å². The van der Waals surface area contributed by atoms with Crippen molar-refractivity contribution in [1.82, 2.24) is 0 Å². The molecule has 3 aromatic carbocycles. The second-order valence-electron chi connectivity index (χ2n) is 9.49. The minimum absolute atomic E-state index is 0.0577. The van der Waals surface area contributed by atoms with E-state index in [2.05, 4.69) is 11.4 Å². The van der Waals surface area contributed by atoms with E-state index in [9.17, 15) is 14.9 Å². The maximum atomic E-state index is 13.4. The van der Waals surface area contributed by atoms with Gasteiger partial charge in [0.25, 0.3) is 6.47 Å². The molecule has 1 spiro atoms. The molecule has 2 atom stereocenters. The Hall–Kier alpha value is -4.31. The van der Waals surface area contributed by atoms with Crippen molar-refractivity contribution in [1.29, 1.82) is 5.26 Å². The lowest BCUT2D eigenvalue weighted by Gasteiger charge is -2.27. The smallest absolute Gasteiger partial charge is 0.293 e. The van der Waals surface area contributed by atoms with E-state index in [0.29, 0.717) is 50.4 Å². The molecule has 0 radical (unpaired) electrons. The highest BCUT2D eigenvalue weighted by Crippen LogP contribution is 2.61. The Balaban J connectivity index is 1.28. The van der Waals surface area contributed by atoms with Crippen LogP contribution in [-0.4, -0.2) is 25.6 Å². The Morgan fingerprint density at radius 3 is 2.84 bits per heavy atom. The zero-order chi connectivity index (χ0) is 25.7. The zero-order valence-corrected chi connectivity index (χ0v) is 20.4. The number of hydrogen-bond donors (Lipinski definition) is 1. The first-order valence-electron chi connectivity index (χ1n) is 12.5. The summed E-state index contributed by atoms with van der Waals surface area (Å²) in [4.78, 5) is 23.8. The standard InChI is InChI=1S/C30H28N2O5/c31-18-22-8-9-23(7-4-13-35-20-33)27(15-22)32-29(34)26-17-30(26)12-14-36-28-16-24(10-11-25(28)30)37-19-21-5-2-1-3-6-21/h1-3,5-6,8-11,15-16,20,26H,4,7,12-14,17,19H2,(H,32,34). The fraction of sp³-hybridized carbons (Fsp3) is 0.300. The lowest BCUT2D eigenvalue weighted by atomic mass is 9.87. The molecule has 1 aliphatic carbocycles. The monoisotopic (exact) mass is 496 g/mol. The van der Waals surface area contributed by atoms with Crippen LogP contribution in [0, 0.1) is 17.2 Å². The first-order valence-corrected chi connectivity index (χ1v) is 12.5. The van der Waals surface area contributed by atoms with Gasteiger partial charge in [-0.15, -0.1) is 0 Å². The maximum Gasteiger partial charge on any atom is 0.293 e. The molecule has 1 heterocycles. The molecule has 188 valence electrons. The molecule has 1 amide bonds. The highest BCUT2D eigenvalue weighted by Gasteiger charge is 2.61. The van der Waals surface area contributed by atoms with Crippen molar-refractivity contribution in [2.24, 2.45) is 5.92 Å². The van der Waals surface area contributed by atoms with Crippen LogP contribution in [0.2, 0.25) is 0 Å². The van der Waals surface area contributed by atoms with Gasteiger partial charge in [-0.05, 0) is 55.0 Å². The minimum Gasteiger partial charge on any atom is -0.493 e. The topological polar surface area (TPSA) is 97.7 Å². The summed E-state index contributed by atoms with van der Waals surface area (Å²) in [5.41, 5.74) is 3.91. The fourth-order valence-corrected chi connectivity index (χ4v) is 5.16. The Bertz CT molecular complexity index is 1330. The number of anilines is 1. The third-order valence-corrected chi connectivity index (χ3v) is 7.21. The van der Waals surface area contributed by atoms with E-state index in [-0.39, 0.29) is 17.2 Å². The van der Waals surface area contributed by atoms with Gasteiger partial charge >= 0.3 is 0 Å². The summed E-state index contributed by atoms with van der Waals surface area (Å²) in [6, 6.07) is 23.3. The molecule has 37 heavy (non-hydrogen) atoms. The number of aryl methyl sites for hydroxylation is 1. The van der Waals surface area contributed by atoms with Crippen LogP contribution in [0.5, 0.6) is 11.5 Å². The molecule has 1 saturated carbocycles. The van der Waals surface area contributed by atoms with Crippen molar-refractivity contribution in [3.63, 3.8) is 0 Å². The number of ether oxygens (including phenoxy) is 3. The highest BCUT2D eigenvalue weighted by atomic mass is 16.5. The third kappa shape index (κ3) is 5.29. The van der Waals surface area contributed by atoms with Gasteiger partial charge in [-0.3, -0.25) is 9.59 Å². The first kappa shape index (κ1) is 24.4. The summed E-state index contributed by atoms with van der Waals surface area (Å²) in [6.07, 6.45) is 2.77. The van der Waals surface area contributed by atoms with Crippen LogP contribution in [0.3, 0.4) is 0 Å². The Kier molecular flexibility index (Phi) is 7.09. The van der Waals surface area contributed by atoms with E-state index >= 15 is 0 Å². The van der Waals surface area contributed by atoms with Gasteiger partial charge in [0.1, 0.15) is 18.1 Å². The second-order valence-corrected chi connectivity index (χ2v) is 9.49. The number of carbonyl (C=O) groups is 2. The average Bonchev–Trinajstić information content (AvgIpc) is 3.65. The summed E-state index contributed by atoms with van der Waals surface area (Å²) in [6.45, 7) is 1.75. The molecule has 2 aliphatic rings. The largest absolute Gasteiger partial charge is 0.493 e. The molecule has 5 rings (SSSR count). The van der Waals surface area contributed by atoms with Crippen LogP contribution >= 0.6 is 0 Å². The predicted octanol–water partition coefficient (Wildman–Crippen LogP) is 4.92. The fourth-order valence-electron chi connectivity index (χ4n) is 5.16. The Morgan fingerprint density at radius 1 is 1.16 bits per heavy atom. The lowest BCUT2D eigenvalue weighted by Crippen LogP contribution is -2.27. The minimum atomic E-state index is -0.250. The number of amides is 1. The Labute approximate surface area is 216 Å². The molecule has 1 aliphatic heterocycles. The summed E-state index contributed by atoms with van der Waals surface area (Å²) in [5, 5.41) is 12.4. The maximum absolute atomic E-state index is 13.4. The van der Waals surface area contributed by atoms with Crippen LogP contribution in [0.4, 0.5) is 5.69 Å². The number of nitrogens with zero attached hydrogens (tertiary/aromatic N) is 1. The van der Waals surface area contributed by atoms with Crippen molar-refractivity contribution in [3.8, 4) is 17.6 Å².